The van der Waals surface area contributed by atoms with Gasteiger partial charge in [0.1, 0.15) is 5.76 Å². The molecule has 0 N–H and O–H groups in total. The second-order valence-electron chi connectivity index (χ2n) is 3.78. The number of unbranched alkanes of at least 4 members (excludes halogenated alkanes) is 1. The molecule has 2 rings (SSSR count). The van der Waals surface area contributed by atoms with Crippen LogP contribution in [0.4, 0.5) is 0 Å². The molecule has 0 atom stereocenters. The molecule has 0 spiro atoms. The number of hydrogen-bond donors (Lipinski definition) is 0. The average molecular weight is 270 g/mol. The largest absolute Gasteiger partial charge is 1.00 e. The molecule has 1 aromatic carbocycles. The van der Waals surface area contributed by atoms with E-state index in [-0.39, 0.29) is 35.5 Å². The summed E-state index contributed by atoms with van der Waals surface area (Å²) in [5.74, 6) is -0.601. The zero-order valence-corrected chi connectivity index (χ0v) is 13.4. The normalized spacial score (nSPS) is 13.8. The number of aliphatic carboxylic acids is 1. The van der Waals surface area contributed by atoms with E-state index in [2.05, 4.69) is 6.92 Å². The molecule has 1 aliphatic rings. The fourth-order valence-corrected chi connectivity index (χ4v) is 1.51. The number of fused-ring (bicyclic) bond motifs is 1. The van der Waals surface area contributed by atoms with Crippen LogP contribution in [-0.4, -0.2) is 11.9 Å². The Morgan fingerprint density at radius 1 is 1.32 bits per heavy atom. The number of benzene rings is 1. The van der Waals surface area contributed by atoms with Gasteiger partial charge in [-0.2, -0.15) is 0 Å². The predicted molar refractivity (Wildman–Crippen MR) is 65.4 cm³/mol. The number of carbonyl (C=O) groups excluding carboxylic acids is 2. The molecule has 0 unspecified atom stereocenters. The summed E-state index contributed by atoms with van der Waals surface area (Å²) in [5.41, 5.74) is 1.60. The number of carboxylic acid groups (broad SMARTS) is 1. The van der Waals surface area contributed by atoms with E-state index in [1.165, 1.54) is 0 Å². The summed E-state index contributed by atoms with van der Waals surface area (Å²) in [6, 6.07) is 7.48. The third-order valence-corrected chi connectivity index (χ3v) is 2.23. The number of rotatable bonds is 2. The van der Waals surface area contributed by atoms with Crippen LogP contribution in [0, 0.1) is 0 Å². The topological polar surface area (TPSA) is 66.4 Å². The van der Waals surface area contributed by atoms with Crippen LogP contribution in [0.15, 0.2) is 30.3 Å². The van der Waals surface area contributed by atoms with Crippen LogP contribution in [0.3, 0.4) is 0 Å². The van der Waals surface area contributed by atoms with Gasteiger partial charge < -0.3 is 14.6 Å². The van der Waals surface area contributed by atoms with Crippen molar-refractivity contribution in [3.05, 3.63) is 41.5 Å². The molecule has 0 saturated carbocycles. The van der Waals surface area contributed by atoms with Gasteiger partial charge in [-0.15, -0.1) is 0 Å². The Morgan fingerprint density at radius 2 is 1.84 bits per heavy atom. The van der Waals surface area contributed by atoms with Gasteiger partial charge in [-0.25, -0.2) is 4.79 Å². The van der Waals surface area contributed by atoms with E-state index < -0.39 is 5.97 Å². The second kappa shape index (κ2) is 8.91. The van der Waals surface area contributed by atoms with Crippen LogP contribution < -0.4 is 34.7 Å². The standard InChI is InChI=1S/C12H12O2.C2H4O2.Na/c1-2-3-8-11-9-6-4-5-7-10(9)12(13)14-11;1-2(3)4;/h4-8H,2-3H2,1H3;1H3,(H,3,4);/q;;+1/p-1. The van der Waals surface area contributed by atoms with Crippen molar-refractivity contribution in [1.82, 2.24) is 0 Å². The molecule has 0 bridgehead atoms. The first-order valence-electron chi connectivity index (χ1n) is 5.75. The average Bonchev–Trinajstić information content (AvgIpc) is 2.64. The molecule has 1 aliphatic heterocycles. The van der Waals surface area contributed by atoms with Crippen LogP contribution in [0.25, 0.3) is 5.76 Å². The van der Waals surface area contributed by atoms with Crippen molar-refractivity contribution >= 4 is 17.7 Å². The molecular formula is C14H15NaO4. The van der Waals surface area contributed by atoms with E-state index >= 15 is 0 Å². The fraction of sp³-hybridized carbons (Fsp3) is 0.286. The number of esters is 1. The van der Waals surface area contributed by atoms with Gasteiger partial charge in [0.2, 0.25) is 0 Å². The number of allylic oxidation sites excluding steroid dienone is 1. The summed E-state index contributed by atoms with van der Waals surface area (Å²) in [6.07, 6.45) is 3.98. The molecule has 0 amide bonds. The maximum atomic E-state index is 11.4. The van der Waals surface area contributed by atoms with Gasteiger partial charge in [0.25, 0.3) is 0 Å². The van der Waals surface area contributed by atoms with Crippen molar-refractivity contribution in [3.63, 3.8) is 0 Å². The van der Waals surface area contributed by atoms with E-state index in [0.717, 1.165) is 25.3 Å². The van der Waals surface area contributed by atoms with Crippen LogP contribution in [0.5, 0.6) is 0 Å². The van der Waals surface area contributed by atoms with Crippen LogP contribution in [0.1, 0.15) is 42.6 Å². The Hall–Kier alpha value is -1.10. The Morgan fingerprint density at radius 3 is 2.37 bits per heavy atom. The number of ether oxygens (including phenoxy) is 1. The molecule has 19 heavy (non-hydrogen) atoms. The minimum Gasteiger partial charge on any atom is -0.550 e. The molecule has 1 heterocycles. The van der Waals surface area contributed by atoms with Gasteiger partial charge >= 0.3 is 35.5 Å². The zero-order valence-electron chi connectivity index (χ0n) is 11.4. The third kappa shape index (κ3) is 5.59. The molecule has 0 radical (unpaired) electrons. The van der Waals surface area contributed by atoms with Crippen molar-refractivity contribution in [2.45, 2.75) is 26.7 Å². The smallest absolute Gasteiger partial charge is 0.550 e. The second-order valence-corrected chi connectivity index (χ2v) is 3.78. The van der Waals surface area contributed by atoms with Gasteiger partial charge in [0, 0.05) is 11.5 Å². The van der Waals surface area contributed by atoms with Gasteiger partial charge in [-0.05, 0) is 25.5 Å². The van der Waals surface area contributed by atoms with E-state index in [9.17, 15) is 4.79 Å². The molecule has 5 heteroatoms. The van der Waals surface area contributed by atoms with Crippen molar-refractivity contribution in [1.29, 1.82) is 0 Å². The minimum absolute atomic E-state index is 0. The molecular weight excluding hydrogens is 255 g/mol. The Kier molecular flexibility index (Phi) is 8.39. The summed E-state index contributed by atoms with van der Waals surface area (Å²) in [6.45, 7) is 3.07. The van der Waals surface area contributed by atoms with Crippen LogP contribution >= 0.6 is 0 Å². The van der Waals surface area contributed by atoms with Gasteiger partial charge in [0.05, 0.1) is 5.56 Å². The van der Waals surface area contributed by atoms with E-state index in [4.69, 9.17) is 14.6 Å². The number of cyclic esters (lactones) is 1. The number of hydrogen-bond acceptors (Lipinski definition) is 4. The predicted octanol–water partition coefficient (Wildman–Crippen LogP) is -1.24. The summed E-state index contributed by atoms with van der Waals surface area (Å²) >= 11 is 0. The third-order valence-electron chi connectivity index (χ3n) is 2.23. The maximum absolute atomic E-state index is 11.4. The quantitative estimate of drug-likeness (QED) is 0.498. The molecule has 0 aromatic heterocycles. The monoisotopic (exact) mass is 270 g/mol. The summed E-state index contributed by atoms with van der Waals surface area (Å²) in [4.78, 5) is 20.3. The summed E-state index contributed by atoms with van der Waals surface area (Å²) in [7, 11) is 0. The molecule has 0 saturated heterocycles. The summed E-state index contributed by atoms with van der Waals surface area (Å²) < 4.78 is 5.16. The van der Waals surface area contributed by atoms with E-state index in [1.807, 2.05) is 24.3 Å². The Bertz CT molecular complexity index is 476. The summed E-state index contributed by atoms with van der Waals surface area (Å²) in [5, 5.41) is 8.89. The zero-order chi connectivity index (χ0) is 13.5. The molecule has 0 aliphatic carbocycles. The number of carboxylic acids is 1. The first-order chi connectivity index (χ1) is 8.56. The molecule has 1 aromatic rings. The Balaban J connectivity index is 0.000000576. The maximum Gasteiger partial charge on any atom is 1.00 e. The fourth-order valence-electron chi connectivity index (χ4n) is 1.51. The van der Waals surface area contributed by atoms with Gasteiger partial charge in [-0.1, -0.05) is 31.5 Å². The van der Waals surface area contributed by atoms with Crippen molar-refractivity contribution < 1.29 is 49.0 Å². The van der Waals surface area contributed by atoms with E-state index in [1.54, 1.807) is 6.07 Å². The van der Waals surface area contributed by atoms with Crippen molar-refractivity contribution in [2.24, 2.45) is 0 Å². The number of carbonyl (C=O) groups is 2. The SMILES string of the molecule is CC(=O)[O-].CCCC=C1OC(=O)c2ccccc21.[Na+]. The van der Waals surface area contributed by atoms with Crippen molar-refractivity contribution in [3.8, 4) is 0 Å². The van der Waals surface area contributed by atoms with E-state index in [0.29, 0.717) is 11.3 Å². The first kappa shape index (κ1) is 17.9. The van der Waals surface area contributed by atoms with Gasteiger partial charge in [-0.3, -0.25) is 0 Å². The first-order valence-corrected chi connectivity index (χ1v) is 5.75. The Labute approximate surface area is 134 Å². The van der Waals surface area contributed by atoms with Gasteiger partial charge in [0.15, 0.2) is 0 Å². The van der Waals surface area contributed by atoms with Crippen LogP contribution in [-0.2, 0) is 9.53 Å². The van der Waals surface area contributed by atoms with Crippen LogP contribution in [0.2, 0.25) is 0 Å². The molecule has 96 valence electrons. The minimum atomic E-state index is -1.08. The molecule has 0 fully saturated rings. The van der Waals surface area contributed by atoms with Crippen molar-refractivity contribution in [2.75, 3.05) is 0 Å². The molecule has 4 nitrogen and oxygen atoms in total.